The zero-order valence-electron chi connectivity index (χ0n) is 15.0. The number of aliphatic carboxylic acids is 1. The lowest BCUT2D eigenvalue weighted by atomic mass is 10.0. The first kappa shape index (κ1) is 20.9. The second-order valence-electron chi connectivity index (χ2n) is 5.76. The lowest BCUT2D eigenvalue weighted by Gasteiger charge is -2.15. The molecule has 0 bridgehead atoms. The van der Waals surface area contributed by atoms with Crippen LogP contribution >= 0.6 is 23.2 Å². The Labute approximate surface area is 167 Å². The minimum absolute atomic E-state index is 0.0758. The van der Waals surface area contributed by atoms with E-state index in [0.29, 0.717) is 32.7 Å². The third-order valence-electron chi connectivity index (χ3n) is 3.38. The van der Waals surface area contributed by atoms with Crippen LogP contribution in [0.2, 0.25) is 10.0 Å². The summed E-state index contributed by atoms with van der Waals surface area (Å²) in [6.45, 7) is 3.83. The number of nitrogens with zero attached hydrogens (tertiary/aromatic N) is 1. The van der Waals surface area contributed by atoms with Gasteiger partial charge in [-0.25, -0.2) is 4.79 Å². The van der Waals surface area contributed by atoms with Crippen LogP contribution in [0.4, 0.5) is 0 Å². The summed E-state index contributed by atoms with van der Waals surface area (Å²) in [5, 5.41) is 13.6. The third-order valence-corrected chi connectivity index (χ3v) is 3.94. The quantitative estimate of drug-likeness (QED) is 0.498. The molecular formula is C19H19Cl2NO5. The second kappa shape index (κ2) is 9.48. The molecule has 0 aromatic heterocycles. The number of carboxylic acids is 1. The van der Waals surface area contributed by atoms with Gasteiger partial charge < -0.3 is 19.4 Å². The van der Waals surface area contributed by atoms with Crippen LogP contribution in [0.5, 0.6) is 11.5 Å². The first-order valence-corrected chi connectivity index (χ1v) is 8.80. The highest BCUT2D eigenvalue weighted by molar-refractivity contribution is 6.42. The Balaban J connectivity index is 2.25. The van der Waals surface area contributed by atoms with Crippen LogP contribution in [0.25, 0.3) is 0 Å². The van der Waals surface area contributed by atoms with Crippen LogP contribution in [0.1, 0.15) is 25.0 Å². The fourth-order valence-corrected chi connectivity index (χ4v) is 2.86. The highest BCUT2D eigenvalue weighted by atomic mass is 35.5. The van der Waals surface area contributed by atoms with E-state index in [1.165, 1.54) is 7.11 Å². The number of carboxylic acid groups (broad SMARTS) is 1. The van der Waals surface area contributed by atoms with Gasteiger partial charge in [-0.05, 0) is 19.4 Å². The fourth-order valence-electron chi connectivity index (χ4n) is 2.30. The Hall–Kier alpha value is -2.44. The average molecular weight is 412 g/mol. The van der Waals surface area contributed by atoms with E-state index in [1.54, 1.807) is 36.4 Å². The minimum Gasteiger partial charge on any atom is -0.489 e. The largest absolute Gasteiger partial charge is 0.489 e. The molecule has 0 aliphatic heterocycles. The van der Waals surface area contributed by atoms with E-state index < -0.39 is 5.97 Å². The number of carbonyl (C=O) groups is 1. The molecule has 144 valence electrons. The van der Waals surface area contributed by atoms with Crippen molar-refractivity contribution in [1.82, 2.24) is 0 Å². The maximum Gasteiger partial charge on any atom is 0.358 e. The number of ether oxygens (including phenoxy) is 2. The molecule has 0 saturated heterocycles. The number of rotatable bonds is 8. The summed E-state index contributed by atoms with van der Waals surface area (Å²) in [5.74, 6) is -0.386. The molecule has 0 fully saturated rings. The van der Waals surface area contributed by atoms with Gasteiger partial charge in [0.1, 0.15) is 19.5 Å². The first-order valence-electron chi connectivity index (χ1n) is 8.04. The van der Waals surface area contributed by atoms with Gasteiger partial charge in [-0.15, -0.1) is 0 Å². The fraction of sp³-hybridized carbons (Fsp3) is 0.263. The van der Waals surface area contributed by atoms with Crippen molar-refractivity contribution in [1.29, 1.82) is 0 Å². The molecule has 27 heavy (non-hydrogen) atoms. The van der Waals surface area contributed by atoms with Gasteiger partial charge in [0.25, 0.3) is 0 Å². The van der Waals surface area contributed by atoms with Crippen molar-refractivity contribution in [2.45, 2.75) is 26.6 Å². The smallest absolute Gasteiger partial charge is 0.358 e. The summed E-state index contributed by atoms with van der Waals surface area (Å²) >= 11 is 12.4. The number of benzene rings is 2. The molecule has 0 aliphatic rings. The summed E-state index contributed by atoms with van der Waals surface area (Å²) in [5.41, 5.74) is 0.794. The van der Waals surface area contributed by atoms with Crippen molar-refractivity contribution in [3.63, 3.8) is 0 Å². The van der Waals surface area contributed by atoms with E-state index in [9.17, 15) is 9.90 Å². The second-order valence-corrected chi connectivity index (χ2v) is 6.57. The number of hydrogen-bond acceptors (Lipinski definition) is 5. The SMILES string of the molecule is CON=C(C(=O)O)c1ccccc1COc1cc(Cl)c(OC(C)C)c(Cl)c1. The average Bonchev–Trinajstić information content (AvgIpc) is 2.61. The van der Waals surface area contributed by atoms with Gasteiger partial charge in [-0.2, -0.15) is 0 Å². The molecule has 0 heterocycles. The van der Waals surface area contributed by atoms with Crippen molar-refractivity contribution in [2.24, 2.45) is 5.16 Å². The summed E-state index contributed by atoms with van der Waals surface area (Å²) in [6, 6.07) is 10.0. The lowest BCUT2D eigenvalue weighted by Crippen LogP contribution is -2.17. The Morgan fingerprint density at radius 2 is 1.81 bits per heavy atom. The van der Waals surface area contributed by atoms with Gasteiger partial charge in [-0.1, -0.05) is 52.6 Å². The molecule has 0 atom stereocenters. The lowest BCUT2D eigenvalue weighted by molar-refractivity contribution is -0.129. The molecule has 0 saturated carbocycles. The van der Waals surface area contributed by atoms with Gasteiger partial charge in [0.05, 0.1) is 16.1 Å². The van der Waals surface area contributed by atoms with Crippen molar-refractivity contribution < 1.29 is 24.2 Å². The maximum atomic E-state index is 11.4. The molecule has 0 spiro atoms. The van der Waals surface area contributed by atoms with Crippen molar-refractivity contribution in [3.05, 3.63) is 57.6 Å². The molecule has 0 aliphatic carbocycles. The standard InChI is InChI=1S/C19H19Cl2NO5/c1-11(2)27-18-15(20)8-13(9-16(18)21)26-10-12-6-4-5-7-14(12)17(19(23)24)22-25-3/h4-9,11H,10H2,1-3H3,(H,23,24). The summed E-state index contributed by atoms with van der Waals surface area (Å²) in [4.78, 5) is 16.1. The highest BCUT2D eigenvalue weighted by Crippen LogP contribution is 2.37. The predicted molar refractivity (Wildman–Crippen MR) is 104 cm³/mol. The van der Waals surface area contributed by atoms with Crippen LogP contribution in [0, 0.1) is 0 Å². The van der Waals surface area contributed by atoms with E-state index in [1.807, 2.05) is 13.8 Å². The summed E-state index contributed by atoms with van der Waals surface area (Å²) < 4.78 is 11.3. The predicted octanol–water partition coefficient (Wildman–Crippen LogP) is 4.79. The van der Waals surface area contributed by atoms with Crippen LogP contribution in [-0.4, -0.2) is 30.0 Å². The molecule has 0 amide bonds. The van der Waals surface area contributed by atoms with Gasteiger partial charge in [0, 0.05) is 17.7 Å². The van der Waals surface area contributed by atoms with E-state index in [4.69, 9.17) is 32.7 Å². The van der Waals surface area contributed by atoms with Crippen molar-refractivity contribution in [3.8, 4) is 11.5 Å². The van der Waals surface area contributed by atoms with Crippen LogP contribution < -0.4 is 9.47 Å². The summed E-state index contributed by atoms with van der Waals surface area (Å²) in [6.07, 6.45) is -0.0758. The van der Waals surface area contributed by atoms with Gasteiger partial charge in [-0.3, -0.25) is 0 Å². The molecule has 6 nitrogen and oxygen atoms in total. The van der Waals surface area contributed by atoms with Crippen LogP contribution in [0.3, 0.4) is 0 Å². The molecular weight excluding hydrogens is 393 g/mol. The van der Waals surface area contributed by atoms with E-state index in [0.717, 1.165) is 0 Å². The van der Waals surface area contributed by atoms with Crippen LogP contribution in [0.15, 0.2) is 41.6 Å². The van der Waals surface area contributed by atoms with Gasteiger partial charge >= 0.3 is 5.97 Å². The molecule has 2 rings (SSSR count). The van der Waals surface area contributed by atoms with E-state index >= 15 is 0 Å². The van der Waals surface area contributed by atoms with E-state index in [-0.39, 0.29) is 18.4 Å². The van der Waals surface area contributed by atoms with Gasteiger partial charge in [0.2, 0.25) is 0 Å². The Morgan fingerprint density at radius 3 is 2.37 bits per heavy atom. The molecule has 2 aromatic rings. The maximum absolute atomic E-state index is 11.4. The topological polar surface area (TPSA) is 77.4 Å². The molecule has 1 N–H and O–H groups in total. The van der Waals surface area contributed by atoms with Gasteiger partial charge in [0.15, 0.2) is 11.5 Å². The minimum atomic E-state index is -1.20. The van der Waals surface area contributed by atoms with Crippen molar-refractivity contribution >= 4 is 34.9 Å². The molecule has 8 heteroatoms. The first-order chi connectivity index (χ1) is 12.8. The Kier molecular flexibility index (Phi) is 7.33. The zero-order valence-corrected chi connectivity index (χ0v) is 16.5. The molecule has 0 unspecified atom stereocenters. The monoisotopic (exact) mass is 411 g/mol. The molecule has 0 radical (unpaired) electrons. The number of hydrogen-bond donors (Lipinski definition) is 1. The van der Waals surface area contributed by atoms with Crippen molar-refractivity contribution in [2.75, 3.05) is 7.11 Å². The third kappa shape index (κ3) is 5.52. The molecule has 2 aromatic carbocycles. The number of oxime groups is 1. The number of halogens is 2. The highest BCUT2D eigenvalue weighted by Gasteiger charge is 2.18. The Morgan fingerprint density at radius 1 is 1.19 bits per heavy atom. The zero-order chi connectivity index (χ0) is 20.0. The Bertz CT molecular complexity index is 829. The summed E-state index contributed by atoms with van der Waals surface area (Å²) in [7, 11) is 1.28. The van der Waals surface area contributed by atoms with Crippen LogP contribution in [-0.2, 0) is 16.2 Å². The normalized spacial score (nSPS) is 11.4. The van der Waals surface area contributed by atoms with E-state index in [2.05, 4.69) is 9.99 Å².